The van der Waals surface area contributed by atoms with Gasteiger partial charge in [-0.1, -0.05) is 32.6 Å². The fraction of sp³-hybridized carbons (Fsp3) is 0.389. The highest BCUT2D eigenvalue weighted by atomic mass is 16.3. The highest BCUT2D eigenvalue weighted by Crippen LogP contribution is 2.25. The van der Waals surface area contributed by atoms with Gasteiger partial charge in [0.25, 0.3) is 0 Å². The lowest BCUT2D eigenvalue weighted by atomic mass is 9.96. The third-order valence-electron chi connectivity index (χ3n) is 3.48. The summed E-state index contributed by atoms with van der Waals surface area (Å²) >= 11 is 0. The fourth-order valence-corrected chi connectivity index (χ4v) is 2.06. The second-order valence-electron chi connectivity index (χ2n) is 5.61. The number of Topliss-reactive ketones (excluding diaryl/α,β-unsaturated/α-hetero) is 2. The van der Waals surface area contributed by atoms with Gasteiger partial charge in [-0.25, -0.2) is 0 Å². The summed E-state index contributed by atoms with van der Waals surface area (Å²) in [6, 6.07) is 7.08. The molecular weight excluding hydrogens is 278 g/mol. The van der Waals surface area contributed by atoms with Crippen molar-refractivity contribution in [1.29, 1.82) is 0 Å². The predicted octanol–water partition coefficient (Wildman–Crippen LogP) is 3.57. The Morgan fingerprint density at radius 3 is 2.27 bits per heavy atom. The van der Waals surface area contributed by atoms with Crippen LogP contribution in [0.1, 0.15) is 44.8 Å². The minimum Gasteiger partial charge on any atom is -0.384 e. The molecule has 0 aliphatic rings. The van der Waals surface area contributed by atoms with Crippen molar-refractivity contribution in [2.75, 3.05) is 0 Å². The number of aliphatic hydroxyl groups excluding tert-OH is 1. The molecule has 1 aromatic carbocycles. The molecule has 0 aromatic heterocycles. The van der Waals surface area contributed by atoms with Crippen molar-refractivity contribution in [3.63, 3.8) is 0 Å². The largest absolute Gasteiger partial charge is 0.384 e. The molecule has 0 saturated carbocycles. The molecule has 0 saturated heterocycles. The summed E-state index contributed by atoms with van der Waals surface area (Å²) < 4.78 is 0. The first-order valence-electron chi connectivity index (χ1n) is 7.36. The van der Waals surface area contributed by atoms with Gasteiger partial charge in [0.05, 0.1) is 11.8 Å². The van der Waals surface area contributed by atoms with E-state index in [-0.39, 0.29) is 23.9 Å². The van der Waals surface area contributed by atoms with Gasteiger partial charge < -0.3 is 5.11 Å². The van der Waals surface area contributed by atoms with Gasteiger partial charge in [-0.3, -0.25) is 14.6 Å². The molecule has 1 atom stereocenters. The number of rotatable bonds is 9. The van der Waals surface area contributed by atoms with E-state index in [1.807, 2.05) is 0 Å². The Labute approximate surface area is 131 Å². The molecule has 4 nitrogen and oxygen atoms in total. The van der Waals surface area contributed by atoms with Crippen LogP contribution >= 0.6 is 0 Å². The first kappa shape index (κ1) is 18.0. The summed E-state index contributed by atoms with van der Waals surface area (Å²) in [5, 5.41) is 10.2. The minimum absolute atomic E-state index is 0.197. The van der Waals surface area contributed by atoms with Crippen LogP contribution in [0.4, 0.5) is 5.69 Å². The van der Waals surface area contributed by atoms with Gasteiger partial charge in [-0.05, 0) is 42.8 Å². The van der Waals surface area contributed by atoms with Crippen LogP contribution in [0.5, 0.6) is 0 Å². The van der Waals surface area contributed by atoms with E-state index in [4.69, 9.17) is 0 Å². The summed E-state index contributed by atoms with van der Waals surface area (Å²) in [5.74, 6) is -0.948. The van der Waals surface area contributed by atoms with Crippen molar-refractivity contribution in [3.8, 4) is 0 Å². The van der Waals surface area contributed by atoms with Gasteiger partial charge in [0.2, 0.25) is 5.78 Å². The molecule has 22 heavy (non-hydrogen) atoms. The van der Waals surface area contributed by atoms with Gasteiger partial charge in [0.1, 0.15) is 0 Å². The Kier molecular flexibility index (Phi) is 6.86. The number of nitrogens with zero attached hydrogens (tertiary/aromatic N) is 1. The summed E-state index contributed by atoms with van der Waals surface area (Å²) in [6.07, 6.45) is 0.427. The SMILES string of the molecule is C=Nc1ccc(C(O)C(=C)CCCC(=O)C(=O)C(C)C)cc1. The summed E-state index contributed by atoms with van der Waals surface area (Å²) in [6.45, 7) is 10.7. The topological polar surface area (TPSA) is 66.7 Å². The summed E-state index contributed by atoms with van der Waals surface area (Å²) in [5.41, 5.74) is 2.09. The number of carbonyl (C=O) groups is 2. The predicted molar refractivity (Wildman–Crippen MR) is 88.5 cm³/mol. The van der Waals surface area contributed by atoms with E-state index >= 15 is 0 Å². The Hall–Kier alpha value is -2.07. The van der Waals surface area contributed by atoms with E-state index in [9.17, 15) is 14.7 Å². The van der Waals surface area contributed by atoms with Crippen LogP contribution < -0.4 is 0 Å². The molecule has 0 fully saturated rings. The lowest BCUT2D eigenvalue weighted by Crippen LogP contribution is -2.19. The number of hydrogen-bond donors (Lipinski definition) is 1. The molecule has 0 bridgehead atoms. The molecule has 1 aromatic rings. The first-order valence-corrected chi connectivity index (χ1v) is 7.36. The van der Waals surface area contributed by atoms with Crippen LogP contribution in [0, 0.1) is 5.92 Å². The minimum atomic E-state index is -0.783. The second-order valence-corrected chi connectivity index (χ2v) is 5.61. The van der Waals surface area contributed by atoms with Gasteiger partial charge in [-0.15, -0.1) is 0 Å². The maximum Gasteiger partial charge on any atom is 0.200 e. The Bertz CT molecular complexity index is 558. The number of hydrogen-bond acceptors (Lipinski definition) is 4. The average Bonchev–Trinajstić information content (AvgIpc) is 2.53. The Morgan fingerprint density at radius 1 is 1.18 bits per heavy atom. The molecule has 0 aliphatic heterocycles. The van der Waals surface area contributed by atoms with E-state index in [1.165, 1.54) is 0 Å². The van der Waals surface area contributed by atoms with E-state index in [1.54, 1.807) is 38.1 Å². The monoisotopic (exact) mass is 301 g/mol. The maximum absolute atomic E-state index is 11.6. The molecule has 0 radical (unpaired) electrons. The zero-order chi connectivity index (χ0) is 16.7. The number of ketones is 2. The van der Waals surface area contributed by atoms with E-state index in [2.05, 4.69) is 18.3 Å². The molecular formula is C18H23NO3. The molecule has 1 rings (SSSR count). The highest BCUT2D eigenvalue weighted by molar-refractivity contribution is 6.37. The molecule has 1 N–H and O–H groups in total. The van der Waals surface area contributed by atoms with E-state index in [0.29, 0.717) is 18.4 Å². The van der Waals surface area contributed by atoms with Crippen molar-refractivity contribution >= 4 is 24.0 Å². The third kappa shape index (κ3) is 5.04. The van der Waals surface area contributed by atoms with Crippen LogP contribution in [-0.2, 0) is 9.59 Å². The lowest BCUT2D eigenvalue weighted by Gasteiger charge is -2.14. The number of aliphatic hydroxyl groups is 1. The van der Waals surface area contributed by atoms with Crippen molar-refractivity contribution in [1.82, 2.24) is 0 Å². The van der Waals surface area contributed by atoms with Gasteiger partial charge >= 0.3 is 0 Å². The van der Waals surface area contributed by atoms with E-state index < -0.39 is 6.10 Å². The third-order valence-corrected chi connectivity index (χ3v) is 3.48. The molecule has 118 valence electrons. The molecule has 0 spiro atoms. The zero-order valence-electron chi connectivity index (χ0n) is 13.2. The van der Waals surface area contributed by atoms with Crippen LogP contribution in [-0.4, -0.2) is 23.4 Å². The second kappa shape index (κ2) is 8.39. The number of aliphatic imine (C=N–C) groups is 1. The molecule has 0 heterocycles. The van der Waals surface area contributed by atoms with Crippen molar-refractivity contribution in [2.24, 2.45) is 10.9 Å². The van der Waals surface area contributed by atoms with Crippen molar-refractivity contribution in [2.45, 2.75) is 39.2 Å². The highest BCUT2D eigenvalue weighted by Gasteiger charge is 2.18. The average molecular weight is 301 g/mol. The number of carbonyl (C=O) groups excluding carboxylic acids is 2. The standard InChI is InChI=1S/C18H23NO3/c1-12(2)17(21)16(20)7-5-6-13(3)18(22)14-8-10-15(19-4)11-9-14/h8-12,18,22H,3-7H2,1-2H3. The van der Waals surface area contributed by atoms with Gasteiger partial charge in [0, 0.05) is 12.3 Å². The van der Waals surface area contributed by atoms with Crippen LogP contribution in [0.3, 0.4) is 0 Å². The van der Waals surface area contributed by atoms with Gasteiger partial charge in [0.15, 0.2) is 5.78 Å². The van der Waals surface area contributed by atoms with Crippen molar-refractivity contribution in [3.05, 3.63) is 42.0 Å². The van der Waals surface area contributed by atoms with E-state index in [0.717, 1.165) is 11.3 Å². The molecule has 0 amide bonds. The van der Waals surface area contributed by atoms with Crippen LogP contribution in [0.25, 0.3) is 0 Å². The Balaban J connectivity index is 2.49. The molecule has 4 heteroatoms. The summed E-state index contributed by atoms with van der Waals surface area (Å²) in [4.78, 5) is 26.9. The maximum atomic E-state index is 11.6. The Morgan fingerprint density at radius 2 is 1.77 bits per heavy atom. The van der Waals surface area contributed by atoms with Gasteiger partial charge in [-0.2, -0.15) is 0 Å². The number of benzene rings is 1. The smallest absolute Gasteiger partial charge is 0.200 e. The normalized spacial score (nSPS) is 12.0. The summed E-state index contributed by atoms with van der Waals surface area (Å²) in [7, 11) is 0. The first-order chi connectivity index (χ1) is 10.4. The van der Waals surface area contributed by atoms with Crippen LogP contribution in [0.15, 0.2) is 41.4 Å². The molecule has 1 unspecified atom stereocenters. The molecule has 0 aliphatic carbocycles. The fourth-order valence-electron chi connectivity index (χ4n) is 2.06. The van der Waals surface area contributed by atoms with Crippen LogP contribution in [0.2, 0.25) is 0 Å². The quantitative estimate of drug-likeness (QED) is 0.431. The van der Waals surface area contributed by atoms with Crippen molar-refractivity contribution < 1.29 is 14.7 Å². The lowest BCUT2D eigenvalue weighted by molar-refractivity contribution is -0.138. The zero-order valence-corrected chi connectivity index (χ0v) is 13.2.